The summed E-state index contributed by atoms with van der Waals surface area (Å²) in [5.41, 5.74) is 3.68. The van der Waals surface area contributed by atoms with Crippen molar-refractivity contribution >= 4 is 27.7 Å². The highest BCUT2D eigenvalue weighted by atomic mass is 19.4. The highest BCUT2D eigenvalue weighted by Gasteiger charge is 2.37. The van der Waals surface area contributed by atoms with E-state index in [9.17, 15) is 36.2 Å². The summed E-state index contributed by atoms with van der Waals surface area (Å²) in [6.07, 6.45) is -9.96. The monoisotopic (exact) mass is 465 g/mol. The molecule has 3 aromatic carbocycles. The number of nitrogens with two attached hydrogens (primary N) is 1. The van der Waals surface area contributed by atoms with E-state index < -0.39 is 29.4 Å². The highest BCUT2D eigenvalue weighted by molar-refractivity contribution is 6.17. The fourth-order valence-corrected chi connectivity index (χ4v) is 3.86. The first-order chi connectivity index (χ1) is 15.4. The number of rotatable bonds is 4. The molecule has 4 nitrogen and oxygen atoms in total. The summed E-state index contributed by atoms with van der Waals surface area (Å²) in [4.78, 5) is 12.0. The van der Waals surface area contributed by atoms with Gasteiger partial charge in [-0.1, -0.05) is 6.07 Å². The number of amides is 1. The second kappa shape index (κ2) is 7.80. The fraction of sp³-hybridized carbons (Fsp3) is 0.174. The number of halogens is 6. The largest absolute Gasteiger partial charge is 0.416 e. The highest BCUT2D eigenvalue weighted by Crippen LogP contribution is 2.38. The third-order valence-corrected chi connectivity index (χ3v) is 5.29. The molecule has 4 rings (SSSR count). The van der Waals surface area contributed by atoms with Crippen LogP contribution in [-0.2, 0) is 25.5 Å². The average Bonchev–Trinajstić information content (AvgIpc) is 3.05. The number of aliphatic hydroxyl groups is 1. The topological polar surface area (TPSA) is 68.2 Å². The van der Waals surface area contributed by atoms with Gasteiger partial charge in [-0.25, -0.2) is 0 Å². The molecular weight excluding hydrogens is 450 g/mol. The lowest BCUT2D eigenvalue weighted by atomic mass is 10.0. The molecule has 10 heteroatoms. The van der Waals surface area contributed by atoms with E-state index in [0.717, 1.165) is 0 Å². The van der Waals surface area contributed by atoms with Crippen LogP contribution in [0.1, 0.15) is 32.6 Å². The molecule has 4 aromatic rings. The summed E-state index contributed by atoms with van der Waals surface area (Å²) in [5, 5.41) is 10.3. The van der Waals surface area contributed by atoms with Crippen molar-refractivity contribution in [1.29, 1.82) is 0 Å². The quantitative estimate of drug-likeness (QED) is 0.403. The second-order valence-corrected chi connectivity index (χ2v) is 7.49. The lowest BCUT2D eigenvalue weighted by Gasteiger charge is -2.15. The third kappa shape index (κ3) is 4.13. The Hall–Kier alpha value is -3.53. The van der Waals surface area contributed by atoms with Crippen molar-refractivity contribution in [3.05, 3.63) is 82.4 Å². The molecule has 0 aliphatic carbocycles. The summed E-state index contributed by atoms with van der Waals surface area (Å²) in [6.45, 7) is -0.726. The van der Waals surface area contributed by atoms with E-state index in [0.29, 0.717) is 39.5 Å². The Morgan fingerprint density at radius 3 is 2.12 bits per heavy atom. The number of aliphatic hydroxyl groups excluding tert-OH is 1. The van der Waals surface area contributed by atoms with E-state index >= 15 is 0 Å². The summed E-state index contributed by atoms with van der Waals surface area (Å²) >= 11 is 0. The predicted molar refractivity (Wildman–Crippen MR) is 108 cm³/mol. The number of fused-ring (bicyclic) bond motifs is 3. The molecule has 33 heavy (non-hydrogen) atoms. The Kier molecular flexibility index (Phi) is 5.36. The Morgan fingerprint density at radius 1 is 0.939 bits per heavy atom. The Morgan fingerprint density at radius 2 is 1.58 bits per heavy atom. The molecule has 1 radical (unpaired) electrons. The van der Waals surface area contributed by atoms with Crippen LogP contribution >= 0.6 is 0 Å². The van der Waals surface area contributed by atoms with Crippen molar-refractivity contribution in [1.82, 2.24) is 4.57 Å². The van der Waals surface area contributed by atoms with Crippen LogP contribution < -0.4 is 5.73 Å². The molecule has 3 N–H and O–H groups in total. The zero-order chi connectivity index (χ0) is 24.1. The van der Waals surface area contributed by atoms with Gasteiger partial charge in [0.25, 0.3) is 0 Å². The molecule has 0 unspecified atom stereocenters. The van der Waals surface area contributed by atoms with E-state index in [1.807, 2.05) is 0 Å². The minimum atomic E-state index is -4.98. The minimum Gasteiger partial charge on any atom is -0.392 e. The number of alkyl halides is 6. The summed E-state index contributed by atoms with van der Waals surface area (Å²) in [5.74, 6) is -0.752. The molecule has 0 atom stereocenters. The van der Waals surface area contributed by atoms with Gasteiger partial charge < -0.3 is 15.4 Å². The van der Waals surface area contributed by atoms with Crippen molar-refractivity contribution in [2.75, 3.05) is 0 Å². The Labute approximate surface area is 182 Å². The zero-order valence-electron chi connectivity index (χ0n) is 16.7. The molecule has 0 fully saturated rings. The molecule has 0 saturated heterocycles. The molecule has 0 spiro atoms. The van der Waals surface area contributed by atoms with E-state index in [-0.39, 0.29) is 30.3 Å². The fourth-order valence-electron chi connectivity index (χ4n) is 3.86. The maximum Gasteiger partial charge on any atom is 0.416 e. The first-order valence-corrected chi connectivity index (χ1v) is 9.54. The molecule has 0 aliphatic heterocycles. The number of hydrogen-bond acceptors (Lipinski definition) is 2. The van der Waals surface area contributed by atoms with Crippen molar-refractivity contribution < 1.29 is 36.2 Å². The van der Waals surface area contributed by atoms with Gasteiger partial charge >= 0.3 is 12.4 Å². The molecule has 0 bridgehead atoms. The van der Waals surface area contributed by atoms with Crippen molar-refractivity contribution in [2.45, 2.75) is 25.5 Å². The van der Waals surface area contributed by atoms with Crippen molar-refractivity contribution in [3.63, 3.8) is 0 Å². The zero-order valence-corrected chi connectivity index (χ0v) is 16.7. The summed E-state index contributed by atoms with van der Waals surface area (Å²) in [6, 6.07) is 11.9. The third-order valence-electron chi connectivity index (χ3n) is 5.29. The van der Waals surface area contributed by atoms with Crippen LogP contribution in [0.25, 0.3) is 21.8 Å². The van der Waals surface area contributed by atoms with Gasteiger partial charge in [0.1, 0.15) is 0 Å². The first-order valence-electron chi connectivity index (χ1n) is 9.54. The predicted octanol–water partition coefficient (Wildman–Crippen LogP) is 5.27. The molecule has 1 amide bonds. The summed E-state index contributed by atoms with van der Waals surface area (Å²) < 4.78 is 81.3. The van der Waals surface area contributed by atoms with E-state index in [2.05, 4.69) is 6.07 Å². The molecule has 1 aromatic heterocycles. The number of nitrogens with zero attached hydrogens (tertiary/aromatic N) is 1. The molecule has 0 saturated carbocycles. The molecule has 171 valence electrons. The lowest BCUT2D eigenvalue weighted by molar-refractivity contribution is -0.143. The number of benzene rings is 3. The van der Waals surface area contributed by atoms with Crippen molar-refractivity contribution in [3.8, 4) is 0 Å². The van der Waals surface area contributed by atoms with Crippen LogP contribution in [0.15, 0.2) is 48.5 Å². The SMILES string of the molecule is NC(=O)c1cccc2c1c1[c]cc(CO)cc1n2Cc1cc(C(F)(F)F)cc(C(F)(F)F)c1. The Balaban J connectivity index is 2.01. The maximum absolute atomic E-state index is 13.3. The van der Waals surface area contributed by atoms with Gasteiger partial charge in [-0.15, -0.1) is 0 Å². The van der Waals surface area contributed by atoms with Crippen LogP contribution in [0.2, 0.25) is 0 Å². The van der Waals surface area contributed by atoms with Gasteiger partial charge in [-0.2, -0.15) is 26.3 Å². The number of primary amides is 1. The number of aromatic nitrogens is 1. The molecule has 0 aliphatic rings. The molecular formula is C23H15F6N2O2. The lowest BCUT2D eigenvalue weighted by Crippen LogP contribution is -2.13. The van der Waals surface area contributed by atoms with Crippen LogP contribution in [0.3, 0.4) is 0 Å². The number of hydrogen-bond donors (Lipinski definition) is 2. The summed E-state index contributed by atoms with van der Waals surface area (Å²) in [7, 11) is 0. The number of carbonyl (C=O) groups is 1. The standard InChI is InChI=1S/C23H15F6N2O2/c24-22(25,26)14-6-13(7-15(9-14)23(27,28)29)10-31-18-3-1-2-17(21(30)33)20(18)16-5-4-12(11-32)8-19(16)31/h1-4,6-9,32H,10-11H2,(H2,30,33). The second-order valence-electron chi connectivity index (χ2n) is 7.49. The van der Waals surface area contributed by atoms with Crippen LogP contribution in [-0.4, -0.2) is 15.6 Å². The van der Waals surface area contributed by atoms with Crippen LogP contribution in [0, 0.1) is 6.07 Å². The smallest absolute Gasteiger partial charge is 0.392 e. The van der Waals surface area contributed by atoms with Crippen molar-refractivity contribution in [2.24, 2.45) is 5.73 Å². The van der Waals surface area contributed by atoms with Crippen LogP contribution in [0.4, 0.5) is 26.3 Å². The van der Waals surface area contributed by atoms with Gasteiger partial charge in [0, 0.05) is 22.9 Å². The minimum absolute atomic E-state index is 0.0677. The molecule has 1 heterocycles. The normalized spacial score (nSPS) is 12.6. The van der Waals surface area contributed by atoms with E-state index in [4.69, 9.17) is 5.73 Å². The Bertz CT molecular complexity index is 1350. The van der Waals surface area contributed by atoms with Gasteiger partial charge in [0.15, 0.2) is 0 Å². The first kappa shape index (κ1) is 22.7. The van der Waals surface area contributed by atoms with Gasteiger partial charge in [-0.05, 0) is 59.7 Å². The maximum atomic E-state index is 13.3. The van der Waals surface area contributed by atoms with Gasteiger partial charge in [0.2, 0.25) is 5.91 Å². The van der Waals surface area contributed by atoms with Gasteiger partial charge in [0.05, 0.1) is 28.8 Å². The van der Waals surface area contributed by atoms with E-state index in [1.165, 1.54) is 28.8 Å². The van der Waals surface area contributed by atoms with E-state index in [1.54, 1.807) is 6.07 Å². The van der Waals surface area contributed by atoms with Crippen LogP contribution in [0.5, 0.6) is 0 Å². The number of carbonyl (C=O) groups excluding carboxylic acids is 1. The van der Waals surface area contributed by atoms with Gasteiger partial charge in [-0.3, -0.25) is 4.79 Å². The average molecular weight is 465 g/mol.